The molecule has 0 radical (unpaired) electrons. The molecule has 2 aromatic rings. The van der Waals surface area contributed by atoms with E-state index in [-0.39, 0.29) is 6.61 Å². The van der Waals surface area contributed by atoms with Gasteiger partial charge in [0.15, 0.2) is 0 Å². The molecule has 0 atom stereocenters. The molecule has 21 heavy (non-hydrogen) atoms. The smallest absolute Gasteiger partial charge is 0.133 e. The summed E-state index contributed by atoms with van der Waals surface area (Å²) < 4.78 is 5.91. The van der Waals surface area contributed by atoms with Crippen LogP contribution in [-0.2, 0) is 13.2 Å². The zero-order chi connectivity index (χ0) is 15.1. The van der Waals surface area contributed by atoms with Gasteiger partial charge in [-0.05, 0) is 42.8 Å². The van der Waals surface area contributed by atoms with Crippen molar-refractivity contribution in [2.75, 3.05) is 6.54 Å². The van der Waals surface area contributed by atoms with Gasteiger partial charge in [-0.25, -0.2) is 0 Å². The molecule has 0 saturated heterocycles. The van der Waals surface area contributed by atoms with E-state index in [0.717, 1.165) is 42.1 Å². The van der Waals surface area contributed by atoms with Crippen molar-refractivity contribution in [3.05, 3.63) is 58.6 Å². The number of benzene rings is 2. The third kappa shape index (κ3) is 4.74. The molecule has 0 aliphatic carbocycles. The lowest BCUT2D eigenvalue weighted by molar-refractivity contribution is 0.281. The number of hydrogen-bond donors (Lipinski definition) is 2. The van der Waals surface area contributed by atoms with Gasteiger partial charge in [-0.15, -0.1) is 0 Å². The molecule has 0 fully saturated rings. The number of aliphatic hydroxyl groups excluding tert-OH is 1. The number of ether oxygens (including phenoxy) is 1. The summed E-state index contributed by atoms with van der Waals surface area (Å²) in [7, 11) is 0. The van der Waals surface area contributed by atoms with E-state index >= 15 is 0 Å². The van der Waals surface area contributed by atoms with Gasteiger partial charge < -0.3 is 15.2 Å². The first-order chi connectivity index (χ1) is 10.2. The molecule has 0 aliphatic heterocycles. The first kappa shape index (κ1) is 15.8. The fourth-order valence-electron chi connectivity index (χ4n) is 1.96. The summed E-state index contributed by atoms with van der Waals surface area (Å²) in [4.78, 5) is 0. The van der Waals surface area contributed by atoms with Crippen LogP contribution in [0.2, 0.25) is 5.02 Å². The Morgan fingerprint density at radius 1 is 1.14 bits per heavy atom. The highest BCUT2D eigenvalue weighted by molar-refractivity contribution is 6.30. The molecule has 0 heterocycles. The van der Waals surface area contributed by atoms with E-state index in [4.69, 9.17) is 21.4 Å². The summed E-state index contributed by atoms with van der Waals surface area (Å²) in [6.07, 6.45) is 1.09. The van der Waals surface area contributed by atoms with Crippen LogP contribution in [0.3, 0.4) is 0 Å². The molecule has 0 saturated carbocycles. The van der Waals surface area contributed by atoms with Crippen molar-refractivity contribution in [3.63, 3.8) is 0 Å². The lowest BCUT2D eigenvalue weighted by Gasteiger charge is -2.12. The van der Waals surface area contributed by atoms with Gasteiger partial charge in [0.25, 0.3) is 0 Å². The van der Waals surface area contributed by atoms with Crippen LogP contribution in [-0.4, -0.2) is 11.7 Å². The van der Waals surface area contributed by atoms with Crippen molar-refractivity contribution in [3.8, 4) is 11.5 Å². The van der Waals surface area contributed by atoms with Crippen molar-refractivity contribution in [2.24, 2.45) is 0 Å². The summed E-state index contributed by atoms with van der Waals surface area (Å²) >= 11 is 6.06. The van der Waals surface area contributed by atoms with Crippen molar-refractivity contribution in [2.45, 2.75) is 26.5 Å². The quantitative estimate of drug-likeness (QED) is 0.756. The third-order valence-corrected chi connectivity index (χ3v) is 3.34. The van der Waals surface area contributed by atoms with E-state index in [9.17, 15) is 0 Å². The van der Waals surface area contributed by atoms with Crippen molar-refractivity contribution in [1.29, 1.82) is 0 Å². The fraction of sp³-hybridized carbons (Fsp3) is 0.294. The Labute approximate surface area is 130 Å². The van der Waals surface area contributed by atoms with Crippen molar-refractivity contribution >= 4 is 11.6 Å². The van der Waals surface area contributed by atoms with Crippen molar-refractivity contribution in [1.82, 2.24) is 5.32 Å². The average Bonchev–Trinajstić information content (AvgIpc) is 2.50. The molecule has 2 rings (SSSR count). The highest BCUT2D eigenvalue weighted by Crippen LogP contribution is 2.28. The Hall–Kier alpha value is -1.55. The molecular weight excluding hydrogens is 286 g/mol. The summed E-state index contributed by atoms with van der Waals surface area (Å²) in [6.45, 7) is 3.88. The molecule has 0 aromatic heterocycles. The Morgan fingerprint density at radius 2 is 1.90 bits per heavy atom. The first-order valence-electron chi connectivity index (χ1n) is 7.09. The molecule has 3 nitrogen and oxygen atoms in total. The largest absolute Gasteiger partial charge is 0.457 e. The van der Waals surface area contributed by atoms with Crippen molar-refractivity contribution < 1.29 is 9.84 Å². The second kappa shape index (κ2) is 8.03. The lowest BCUT2D eigenvalue weighted by atomic mass is 10.2. The van der Waals surface area contributed by atoms with E-state index in [1.807, 2.05) is 42.5 Å². The van der Waals surface area contributed by atoms with E-state index in [0.29, 0.717) is 5.02 Å². The lowest BCUT2D eigenvalue weighted by Crippen LogP contribution is -2.14. The van der Waals surface area contributed by atoms with Crippen LogP contribution in [0.5, 0.6) is 11.5 Å². The summed E-state index contributed by atoms with van der Waals surface area (Å²) in [5.74, 6) is 1.48. The number of rotatable bonds is 7. The van der Waals surface area contributed by atoms with Gasteiger partial charge in [0.05, 0.1) is 6.61 Å². The van der Waals surface area contributed by atoms with Crippen LogP contribution in [0.25, 0.3) is 0 Å². The van der Waals surface area contributed by atoms with E-state index in [1.165, 1.54) is 0 Å². The number of hydrogen-bond acceptors (Lipinski definition) is 3. The standard InChI is InChI=1S/C17H20ClNO2/c1-2-9-19-11-14-5-6-15(18)10-17(14)21-16-7-3-13(12-20)4-8-16/h3-8,10,19-20H,2,9,11-12H2,1H3. The molecule has 0 aliphatic rings. The van der Waals surface area contributed by atoms with E-state index < -0.39 is 0 Å². The maximum Gasteiger partial charge on any atom is 0.133 e. The maximum atomic E-state index is 9.05. The first-order valence-corrected chi connectivity index (χ1v) is 7.47. The zero-order valence-corrected chi connectivity index (χ0v) is 12.9. The van der Waals surface area contributed by atoms with Crippen LogP contribution in [0.4, 0.5) is 0 Å². The second-order valence-corrected chi connectivity index (χ2v) is 5.27. The highest BCUT2D eigenvalue weighted by Gasteiger charge is 2.06. The van der Waals surface area contributed by atoms with Crippen LogP contribution in [0.15, 0.2) is 42.5 Å². The van der Waals surface area contributed by atoms with Gasteiger partial charge >= 0.3 is 0 Å². The second-order valence-electron chi connectivity index (χ2n) is 4.83. The topological polar surface area (TPSA) is 41.5 Å². The molecular formula is C17H20ClNO2. The number of halogens is 1. The summed E-state index contributed by atoms with van der Waals surface area (Å²) in [5.41, 5.74) is 1.93. The molecule has 0 spiro atoms. The molecule has 0 bridgehead atoms. The predicted octanol–water partition coefficient (Wildman–Crippen LogP) is 4.12. The predicted molar refractivity (Wildman–Crippen MR) is 85.9 cm³/mol. The normalized spacial score (nSPS) is 10.6. The minimum absolute atomic E-state index is 0.0314. The Balaban J connectivity index is 2.14. The van der Waals surface area contributed by atoms with Gasteiger partial charge in [-0.3, -0.25) is 0 Å². The van der Waals surface area contributed by atoms with Crippen LogP contribution in [0.1, 0.15) is 24.5 Å². The van der Waals surface area contributed by atoms with Gasteiger partial charge in [-0.2, -0.15) is 0 Å². The fourth-order valence-corrected chi connectivity index (χ4v) is 2.12. The van der Waals surface area contributed by atoms with E-state index in [2.05, 4.69) is 12.2 Å². The monoisotopic (exact) mass is 305 g/mol. The maximum absolute atomic E-state index is 9.05. The third-order valence-electron chi connectivity index (χ3n) is 3.11. The van der Waals surface area contributed by atoms with Gasteiger partial charge in [-0.1, -0.05) is 36.7 Å². The van der Waals surface area contributed by atoms with Crippen LogP contribution in [0, 0.1) is 0 Å². The Bertz CT molecular complexity index is 570. The summed E-state index contributed by atoms with van der Waals surface area (Å²) in [5, 5.41) is 13.1. The molecule has 0 unspecified atom stereocenters. The van der Waals surface area contributed by atoms with Gasteiger partial charge in [0.1, 0.15) is 11.5 Å². The Morgan fingerprint density at radius 3 is 2.57 bits per heavy atom. The zero-order valence-electron chi connectivity index (χ0n) is 12.1. The molecule has 2 N–H and O–H groups in total. The van der Waals surface area contributed by atoms with Crippen LogP contribution < -0.4 is 10.1 Å². The minimum atomic E-state index is 0.0314. The van der Waals surface area contributed by atoms with Gasteiger partial charge in [0, 0.05) is 17.1 Å². The molecule has 112 valence electrons. The Kier molecular flexibility index (Phi) is 6.05. The van der Waals surface area contributed by atoms with E-state index in [1.54, 1.807) is 0 Å². The molecule has 2 aromatic carbocycles. The highest BCUT2D eigenvalue weighted by atomic mass is 35.5. The number of aliphatic hydroxyl groups is 1. The van der Waals surface area contributed by atoms with Crippen LogP contribution >= 0.6 is 11.6 Å². The van der Waals surface area contributed by atoms with Gasteiger partial charge in [0.2, 0.25) is 0 Å². The SMILES string of the molecule is CCCNCc1ccc(Cl)cc1Oc1ccc(CO)cc1. The molecule has 0 amide bonds. The minimum Gasteiger partial charge on any atom is -0.457 e. The summed E-state index contributed by atoms with van der Waals surface area (Å²) in [6, 6.07) is 13.0. The molecule has 4 heteroatoms. The average molecular weight is 306 g/mol. The number of nitrogens with one attached hydrogen (secondary N) is 1.